The van der Waals surface area contributed by atoms with E-state index in [1.165, 1.54) is 18.5 Å². The fourth-order valence-corrected chi connectivity index (χ4v) is 6.20. The highest BCUT2D eigenvalue weighted by Crippen LogP contribution is 2.39. The highest BCUT2D eigenvalue weighted by molar-refractivity contribution is 7.13. The number of urea groups is 1. The summed E-state index contributed by atoms with van der Waals surface area (Å²) in [6.07, 6.45) is -0.979. The van der Waals surface area contributed by atoms with E-state index in [2.05, 4.69) is 42.8 Å². The van der Waals surface area contributed by atoms with Crippen molar-refractivity contribution < 1.29 is 27.9 Å². The SMILES string of the molecule is CCCNC(=O)Nc1cc(-c2nc(C(F)(F)F)cs2)c(-c2ccc3c(=O)c(C(=O)NCCO)cn(CCN4CCN(C)CC4)c3c2)cn1. The number of benzene rings is 1. The van der Waals surface area contributed by atoms with Crippen LogP contribution in [0.5, 0.6) is 0 Å². The van der Waals surface area contributed by atoms with E-state index in [0.717, 1.165) is 42.9 Å². The lowest BCUT2D eigenvalue weighted by molar-refractivity contribution is -0.140. The zero-order valence-electron chi connectivity index (χ0n) is 26.6. The molecule has 1 aliphatic rings. The number of nitrogens with zero attached hydrogens (tertiary/aromatic N) is 5. The summed E-state index contributed by atoms with van der Waals surface area (Å²) in [5, 5.41) is 18.3. The molecule has 0 aliphatic carbocycles. The summed E-state index contributed by atoms with van der Waals surface area (Å²) in [6.45, 7) is 6.70. The Morgan fingerprint density at radius 1 is 1.04 bits per heavy atom. The monoisotopic (exact) mass is 686 g/mol. The summed E-state index contributed by atoms with van der Waals surface area (Å²) in [5.74, 6) is -0.482. The van der Waals surface area contributed by atoms with Crippen LogP contribution < -0.4 is 21.4 Å². The number of hydrogen-bond donors (Lipinski definition) is 4. The van der Waals surface area contributed by atoms with Crippen LogP contribution >= 0.6 is 11.3 Å². The Hall–Kier alpha value is -4.38. The van der Waals surface area contributed by atoms with Crippen molar-refractivity contribution in [2.75, 3.05) is 64.8 Å². The molecule has 3 aromatic heterocycles. The van der Waals surface area contributed by atoms with Gasteiger partial charge in [0.1, 0.15) is 16.4 Å². The Balaban J connectivity index is 1.60. The first kappa shape index (κ1) is 34.9. The second-order valence-electron chi connectivity index (χ2n) is 11.5. The molecule has 1 fully saturated rings. The number of amides is 3. The fraction of sp³-hybridized carbons (Fsp3) is 0.406. The van der Waals surface area contributed by atoms with Crippen molar-refractivity contribution in [1.82, 2.24) is 35.0 Å². The third-order valence-electron chi connectivity index (χ3n) is 7.99. The number of aliphatic hydroxyl groups excluding tert-OH is 1. The standard InChI is InChI=1S/C32H37F3N8O4S/c1-3-6-37-31(47)40-27-16-22(30-39-26(19-48-30)32(33,34)35)23(17-38-27)20-4-5-21-25(15-20)43(13-12-42-10-8-41(2)9-11-42)18-24(28(21)45)29(46)36-7-14-44/h4-5,15-19,44H,3,6-14H2,1-2H3,(H,36,46)(H2,37,38,40,47). The van der Waals surface area contributed by atoms with Crippen LogP contribution in [0.3, 0.4) is 0 Å². The third kappa shape index (κ3) is 8.18. The molecule has 0 atom stereocenters. The topological polar surface area (TPSA) is 145 Å². The first-order chi connectivity index (χ1) is 23.0. The maximum absolute atomic E-state index is 13.6. The van der Waals surface area contributed by atoms with Gasteiger partial charge in [0.15, 0.2) is 5.69 Å². The van der Waals surface area contributed by atoms with Crippen molar-refractivity contribution in [2.45, 2.75) is 26.1 Å². The molecule has 3 amide bonds. The van der Waals surface area contributed by atoms with Crippen LogP contribution in [-0.2, 0) is 12.7 Å². The predicted octanol–water partition coefficient (Wildman–Crippen LogP) is 3.71. The van der Waals surface area contributed by atoms with Crippen LogP contribution in [0.2, 0.25) is 0 Å². The number of alkyl halides is 3. The van der Waals surface area contributed by atoms with Crippen LogP contribution in [0.4, 0.5) is 23.8 Å². The van der Waals surface area contributed by atoms with Gasteiger partial charge in [0.2, 0.25) is 5.43 Å². The Morgan fingerprint density at radius 3 is 2.50 bits per heavy atom. The van der Waals surface area contributed by atoms with Gasteiger partial charge in [-0.25, -0.2) is 14.8 Å². The summed E-state index contributed by atoms with van der Waals surface area (Å²) in [4.78, 5) is 51.6. The second kappa shape index (κ2) is 15.2. The second-order valence-corrected chi connectivity index (χ2v) is 12.3. The summed E-state index contributed by atoms with van der Waals surface area (Å²) in [5.41, 5.74) is 0.207. The minimum Gasteiger partial charge on any atom is -0.395 e. The predicted molar refractivity (Wildman–Crippen MR) is 178 cm³/mol. The van der Waals surface area contributed by atoms with E-state index in [1.807, 2.05) is 11.5 Å². The highest BCUT2D eigenvalue weighted by Gasteiger charge is 2.34. The van der Waals surface area contributed by atoms with Crippen molar-refractivity contribution in [3.63, 3.8) is 0 Å². The van der Waals surface area contributed by atoms with Crippen molar-refractivity contribution in [1.29, 1.82) is 0 Å². The van der Waals surface area contributed by atoms with Crippen LogP contribution in [-0.4, -0.2) is 101 Å². The van der Waals surface area contributed by atoms with Gasteiger partial charge in [-0.2, -0.15) is 13.2 Å². The lowest BCUT2D eigenvalue weighted by atomic mass is 9.99. The van der Waals surface area contributed by atoms with Gasteiger partial charge < -0.3 is 25.2 Å². The average molecular weight is 687 g/mol. The highest BCUT2D eigenvalue weighted by atomic mass is 32.1. The number of halogens is 3. The van der Waals surface area contributed by atoms with Gasteiger partial charge in [-0.3, -0.25) is 19.8 Å². The molecule has 0 bridgehead atoms. The zero-order chi connectivity index (χ0) is 34.4. The van der Waals surface area contributed by atoms with E-state index in [-0.39, 0.29) is 34.9 Å². The number of rotatable bonds is 11. The number of nitrogens with one attached hydrogen (secondary N) is 3. The maximum atomic E-state index is 13.6. The molecule has 4 heterocycles. The van der Waals surface area contributed by atoms with Gasteiger partial charge in [-0.1, -0.05) is 13.0 Å². The molecule has 0 spiro atoms. The van der Waals surface area contributed by atoms with Gasteiger partial charge in [0.05, 0.1) is 12.1 Å². The van der Waals surface area contributed by atoms with Crippen LogP contribution in [0.15, 0.2) is 46.8 Å². The van der Waals surface area contributed by atoms with Crippen molar-refractivity contribution >= 4 is 40.0 Å². The number of anilines is 1. The quantitative estimate of drug-likeness (QED) is 0.187. The van der Waals surface area contributed by atoms with Gasteiger partial charge >= 0.3 is 12.2 Å². The Morgan fingerprint density at radius 2 is 1.81 bits per heavy atom. The zero-order valence-corrected chi connectivity index (χ0v) is 27.4. The molecule has 1 aliphatic heterocycles. The number of likely N-dealkylation sites (N-methyl/N-ethyl adjacent to an activating group) is 1. The molecule has 12 nitrogen and oxygen atoms in total. The first-order valence-corrected chi connectivity index (χ1v) is 16.4. The number of carbonyl (C=O) groups is 2. The molecule has 1 saturated heterocycles. The number of fused-ring (bicyclic) bond motifs is 1. The Labute approximate surface area is 278 Å². The minimum absolute atomic E-state index is 0.00968. The number of piperazine rings is 1. The van der Waals surface area contributed by atoms with Gasteiger partial charge in [0.25, 0.3) is 5.91 Å². The number of aromatic nitrogens is 3. The summed E-state index contributed by atoms with van der Waals surface area (Å²) < 4.78 is 42.4. The molecule has 5 rings (SSSR count). The van der Waals surface area contributed by atoms with Crippen molar-refractivity contribution in [3.8, 4) is 21.7 Å². The number of thiazole rings is 1. The number of hydrogen-bond acceptors (Lipinski definition) is 9. The molecule has 0 saturated carbocycles. The lowest BCUT2D eigenvalue weighted by Gasteiger charge is -2.32. The first-order valence-electron chi connectivity index (χ1n) is 15.5. The molecule has 1 aromatic carbocycles. The van der Waals surface area contributed by atoms with E-state index < -0.39 is 29.2 Å². The normalized spacial score (nSPS) is 14.3. The van der Waals surface area contributed by atoms with E-state index >= 15 is 0 Å². The lowest BCUT2D eigenvalue weighted by Crippen LogP contribution is -2.45. The van der Waals surface area contributed by atoms with Crippen molar-refractivity contribution in [3.05, 3.63) is 63.5 Å². The van der Waals surface area contributed by atoms with Gasteiger partial charge in [-0.05, 0) is 37.2 Å². The molecule has 48 heavy (non-hydrogen) atoms. The van der Waals surface area contributed by atoms with Crippen LogP contribution in [0.1, 0.15) is 29.4 Å². The van der Waals surface area contributed by atoms with Crippen LogP contribution in [0.25, 0.3) is 32.6 Å². The molecule has 256 valence electrons. The summed E-state index contributed by atoms with van der Waals surface area (Å²) in [7, 11) is 2.06. The van der Waals surface area contributed by atoms with Gasteiger partial charge in [0, 0.05) is 86.6 Å². The number of pyridine rings is 2. The van der Waals surface area contributed by atoms with Crippen molar-refractivity contribution in [2.24, 2.45) is 0 Å². The fourth-order valence-electron chi connectivity index (χ4n) is 5.35. The molecule has 0 radical (unpaired) electrons. The average Bonchev–Trinajstić information content (AvgIpc) is 3.58. The third-order valence-corrected chi connectivity index (χ3v) is 8.87. The van der Waals surface area contributed by atoms with E-state index in [9.17, 15) is 32.7 Å². The Bertz CT molecular complexity index is 1840. The molecule has 0 unspecified atom stereocenters. The Kier molecular flexibility index (Phi) is 11.1. The van der Waals surface area contributed by atoms with Crippen LogP contribution in [0, 0.1) is 0 Å². The smallest absolute Gasteiger partial charge is 0.395 e. The van der Waals surface area contributed by atoms with Gasteiger partial charge in [-0.15, -0.1) is 11.3 Å². The molecule has 4 N–H and O–H groups in total. The molecule has 16 heteroatoms. The number of carbonyl (C=O) groups excluding carboxylic acids is 2. The summed E-state index contributed by atoms with van der Waals surface area (Å²) in [6, 6.07) is 5.94. The minimum atomic E-state index is -4.65. The molecular weight excluding hydrogens is 649 g/mol. The number of aliphatic hydroxyl groups is 1. The molecule has 4 aromatic rings. The largest absolute Gasteiger partial charge is 0.434 e. The molecular formula is C32H37F3N8O4S. The summed E-state index contributed by atoms with van der Waals surface area (Å²) >= 11 is 0.811. The van der Waals surface area contributed by atoms with E-state index in [0.29, 0.717) is 48.3 Å². The van der Waals surface area contributed by atoms with E-state index in [4.69, 9.17) is 0 Å². The maximum Gasteiger partial charge on any atom is 0.434 e. The van der Waals surface area contributed by atoms with E-state index in [1.54, 1.807) is 18.2 Å².